The van der Waals surface area contributed by atoms with E-state index >= 15 is 0 Å². The third kappa shape index (κ3) is 8.05. The predicted molar refractivity (Wildman–Crippen MR) is 124 cm³/mol. The number of ether oxygens (including phenoxy) is 1. The van der Waals surface area contributed by atoms with Crippen molar-refractivity contribution in [2.24, 2.45) is 0 Å². The summed E-state index contributed by atoms with van der Waals surface area (Å²) in [5, 5.41) is 2.79. The van der Waals surface area contributed by atoms with Gasteiger partial charge in [-0.2, -0.15) is 0 Å². The van der Waals surface area contributed by atoms with Gasteiger partial charge >= 0.3 is 0 Å². The highest BCUT2D eigenvalue weighted by Crippen LogP contribution is 2.26. The number of hydrazine groups is 1. The first kappa shape index (κ1) is 24.4. The van der Waals surface area contributed by atoms with Crippen LogP contribution in [0.25, 0.3) is 0 Å². The van der Waals surface area contributed by atoms with Crippen LogP contribution in [-0.4, -0.2) is 24.3 Å². The van der Waals surface area contributed by atoms with Crippen molar-refractivity contribution in [3.8, 4) is 5.75 Å². The molecule has 3 N–H and O–H groups in total. The van der Waals surface area contributed by atoms with Crippen LogP contribution in [0.2, 0.25) is 0 Å². The van der Waals surface area contributed by atoms with Crippen molar-refractivity contribution in [3.63, 3.8) is 0 Å². The van der Waals surface area contributed by atoms with Gasteiger partial charge in [0.15, 0.2) is 0 Å². The molecule has 0 fully saturated rings. The first-order valence-electron chi connectivity index (χ1n) is 10.2. The van der Waals surface area contributed by atoms with Gasteiger partial charge in [0.2, 0.25) is 11.8 Å². The van der Waals surface area contributed by atoms with E-state index in [4.69, 9.17) is 4.74 Å². The first-order chi connectivity index (χ1) is 14.8. The number of carbonyl (C=O) groups is 3. The van der Waals surface area contributed by atoms with Gasteiger partial charge in [-0.25, -0.2) is 0 Å². The average molecular weight is 490 g/mol. The van der Waals surface area contributed by atoms with Gasteiger partial charge in [-0.3, -0.25) is 25.2 Å². The minimum atomic E-state index is -0.464. The molecule has 0 aliphatic heterocycles. The zero-order valence-electron chi connectivity index (χ0n) is 18.0. The summed E-state index contributed by atoms with van der Waals surface area (Å²) in [7, 11) is 0. The smallest absolute Gasteiger partial charge is 0.269 e. The maximum absolute atomic E-state index is 12.3. The average Bonchev–Trinajstić information content (AvgIpc) is 2.73. The molecule has 31 heavy (non-hydrogen) atoms. The standard InChI is InChI=1S/C23H28BrN3O4/c1-4-5-12-31-20-9-7-17(14-18(20)24)23(30)27-26-22(29)11-10-21(28)25-19-8-6-15(2)13-16(19)3/h6-9,13-14H,4-5,10-12H2,1-3H3,(H,25,28)(H,26,29)(H,27,30). The molecule has 0 heterocycles. The molecule has 0 radical (unpaired) electrons. The monoisotopic (exact) mass is 489 g/mol. The van der Waals surface area contributed by atoms with E-state index in [1.165, 1.54) is 0 Å². The molecule has 2 aromatic rings. The zero-order valence-corrected chi connectivity index (χ0v) is 19.6. The Morgan fingerprint density at radius 2 is 1.71 bits per heavy atom. The van der Waals surface area contributed by atoms with Crippen molar-refractivity contribution < 1.29 is 19.1 Å². The molecule has 0 unspecified atom stereocenters. The van der Waals surface area contributed by atoms with Crippen LogP contribution in [0.3, 0.4) is 0 Å². The summed E-state index contributed by atoms with van der Waals surface area (Å²) in [6, 6.07) is 10.7. The van der Waals surface area contributed by atoms with Crippen LogP contribution < -0.4 is 20.9 Å². The lowest BCUT2D eigenvalue weighted by Gasteiger charge is -2.11. The number of aryl methyl sites for hydroxylation is 2. The molecule has 0 atom stereocenters. The second-order valence-corrected chi connectivity index (χ2v) is 8.07. The van der Waals surface area contributed by atoms with E-state index < -0.39 is 11.8 Å². The lowest BCUT2D eigenvalue weighted by atomic mass is 10.1. The van der Waals surface area contributed by atoms with Gasteiger partial charge in [-0.15, -0.1) is 0 Å². The summed E-state index contributed by atoms with van der Waals surface area (Å²) in [5.41, 5.74) is 7.83. The molecule has 8 heteroatoms. The molecule has 166 valence electrons. The lowest BCUT2D eigenvalue weighted by molar-refractivity contribution is -0.124. The fraction of sp³-hybridized carbons (Fsp3) is 0.348. The number of anilines is 1. The molecule has 0 bridgehead atoms. The number of carbonyl (C=O) groups excluding carboxylic acids is 3. The summed E-state index contributed by atoms with van der Waals surface area (Å²) in [5.74, 6) is -0.531. The van der Waals surface area contributed by atoms with E-state index in [2.05, 4.69) is 39.0 Å². The Morgan fingerprint density at radius 1 is 0.968 bits per heavy atom. The number of nitrogens with one attached hydrogen (secondary N) is 3. The third-order valence-electron chi connectivity index (χ3n) is 4.50. The molecule has 0 aromatic heterocycles. The van der Waals surface area contributed by atoms with Crippen LogP contribution in [0.1, 0.15) is 54.1 Å². The highest BCUT2D eigenvalue weighted by molar-refractivity contribution is 9.10. The third-order valence-corrected chi connectivity index (χ3v) is 5.12. The number of amides is 3. The minimum Gasteiger partial charge on any atom is -0.492 e. The van der Waals surface area contributed by atoms with Gasteiger partial charge in [0.25, 0.3) is 5.91 Å². The summed E-state index contributed by atoms with van der Waals surface area (Å²) in [6.45, 7) is 6.57. The molecule has 0 saturated carbocycles. The number of hydrogen-bond acceptors (Lipinski definition) is 4. The lowest BCUT2D eigenvalue weighted by Crippen LogP contribution is -2.41. The highest BCUT2D eigenvalue weighted by Gasteiger charge is 2.12. The highest BCUT2D eigenvalue weighted by atomic mass is 79.9. The van der Waals surface area contributed by atoms with Crippen molar-refractivity contribution in [1.29, 1.82) is 0 Å². The summed E-state index contributed by atoms with van der Waals surface area (Å²) < 4.78 is 6.29. The van der Waals surface area contributed by atoms with Crippen molar-refractivity contribution >= 4 is 39.3 Å². The molecule has 3 amide bonds. The Balaban J connectivity index is 1.77. The van der Waals surface area contributed by atoms with Gasteiger partial charge in [-0.1, -0.05) is 31.0 Å². The quantitative estimate of drug-likeness (QED) is 0.358. The van der Waals surface area contributed by atoms with Gasteiger partial charge < -0.3 is 10.1 Å². The molecule has 2 aromatic carbocycles. The minimum absolute atomic E-state index is 0.00433. The van der Waals surface area contributed by atoms with E-state index in [0.29, 0.717) is 22.4 Å². The molecule has 7 nitrogen and oxygen atoms in total. The number of hydrogen-bond donors (Lipinski definition) is 3. The number of benzene rings is 2. The van der Waals surface area contributed by atoms with Crippen molar-refractivity contribution in [1.82, 2.24) is 10.9 Å². The Labute approximate surface area is 191 Å². The van der Waals surface area contributed by atoms with E-state index in [9.17, 15) is 14.4 Å². The van der Waals surface area contributed by atoms with E-state index in [-0.39, 0.29) is 18.7 Å². The zero-order chi connectivity index (χ0) is 22.8. The second-order valence-electron chi connectivity index (χ2n) is 7.22. The van der Waals surface area contributed by atoms with Gasteiger partial charge in [-0.05, 0) is 66.0 Å². The molecule has 0 spiro atoms. The number of halogens is 1. The maximum Gasteiger partial charge on any atom is 0.269 e. The van der Waals surface area contributed by atoms with Crippen molar-refractivity contribution in [3.05, 3.63) is 57.6 Å². The SMILES string of the molecule is CCCCOc1ccc(C(=O)NNC(=O)CCC(=O)Nc2ccc(C)cc2C)cc1Br. The number of unbranched alkanes of at least 4 members (excludes halogenated alkanes) is 1. The summed E-state index contributed by atoms with van der Waals surface area (Å²) in [4.78, 5) is 36.3. The Hall–Kier alpha value is -2.87. The fourth-order valence-corrected chi connectivity index (χ4v) is 3.23. The second kappa shape index (κ2) is 12.1. The van der Waals surface area contributed by atoms with E-state index in [0.717, 1.165) is 29.7 Å². The first-order valence-corrected chi connectivity index (χ1v) is 11.0. The van der Waals surface area contributed by atoms with Crippen LogP contribution in [0.4, 0.5) is 5.69 Å². The van der Waals surface area contributed by atoms with Crippen molar-refractivity contribution in [2.75, 3.05) is 11.9 Å². The maximum atomic E-state index is 12.3. The Morgan fingerprint density at radius 3 is 2.39 bits per heavy atom. The van der Waals surface area contributed by atoms with Crippen LogP contribution in [0, 0.1) is 13.8 Å². The Bertz CT molecular complexity index is 946. The molecule has 0 saturated heterocycles. The predicted octanol–water partition coefficient (Wildman–Crippen LogP) is 4.42. The van der Waals surface area contributed by atoms with Crippen LogP contribution in [-0.2, 0) is 9.59 Å². The van der Waals surface area contributed by atoms with Gasteiger partial charge in [0.05, 0.1) is 11.1 Å². The summed E-state index contributed by atoms with van der Waals surface area (Å²) in [6.07, 6.45) is 1.93. The van der Waals surface area contributed by atoms with E-state index in [1.54, 1.807) is 18.2 Å². The Kier molecular flexibility index (Phi) is 9.52. The number of rotatable bonds is 9. The van der Waals surface area contributed by atoms with Crippen LogP contribution >= 0.6 is 15.9 Å². The molecule has 0 aliphatic carbocycles. The molecule has 0 aliphatic rings. The van der Waals surface area contributed by atoms with Crippen LogP contribution in [0.5, 0.6) is 5.75 Å². The van der Waals surface area contributed by atoms with Crippen molar-refractivity contribution in [2.45, 2.75) is 46.5 Å². The molecule has 2 rings (SSSR count). The van der Waals surface area contributed by atoms with E-state index in [1.807, 2.05) is 32.0 Å². The molecular weight excluding hydrogens is 462 g/mol. The van der Waals surface area contributed by atoms with Crippen LogP contribution in [0.15, 0.2) is 40.9 Å². The largest absolute Gasteiger partial charge is 0.492 e. The van der Waals surface area contributed by atoms with Gasteiger partial charge in [0, 0.05) is 24.1 Å². The van der Waals surface area contributed by atoms with Gasteiger partial charge in [0.1, 0.15) is 5.75 Å². The topological polar surface area (TPSA) is 96.5 Å². The molecular formula is C23H28BrN3O4. The normalized spacial score (nSPS) is 10.3. The fourth-order valence-electron chi connectivity index (χ4n) is 2.74. The summed E-state index contributed by atoms with van der Waals surface area (Å²) >= 11 is 3.39.